The largest absolute Gasteiger partial charge is 0.449 e. The molecular formula is C36H43N3O3. The van der Waals surface area contributed by atoms with Crippen LogP contribution in [0, 0.1) is 6.92 Å². The maximum Gasteiger partial charge on any atom is 0.294 e. The van der Waals surface area contributed by atoms with Crippen LogP contribution < -0.4 is 15.0 Å². The van der Waals surface area contributed by atoms with Gasteiger partial charge < -0.3 is 10.1 Å². The highest BCUT2D eigenvalue weighted by Gasteiger charge is 2.30. The number of benzene rings is 3. The van der Waals surface area contributed by atoms with Gasteiger partial charge in [-0.3, -0.25) is 19.4 Å². The predicted molar refractivity (Wildman–Crippen MR) is 170 cm³/mol. The van der Waals surface area contributed by atoms with Crippen LogP contribution >= 0.6 is 0 Å². The number of rotatable bonds is 10. The minimum Gasteiger partial charge on any atom is -0.449 e. The number of carbonyl (C=O) groups is 2. The predicted octanol–water partition coefficient (Wildman–Crippen LogP) is 7.12. The highest BCUT2D eigenvalue weighted by molar-refractivity contribution is 6.09. The van der Waals surface area contributed by atoms with Crippen LogP contribution in [0.5, 0.6) is 5.75 Å². The van der Waals surface area contributed by atoms with Gasteiger partial charge in [0.25, 0.3) is 11.8 Å². The molecule has 2 aliphatic rings. The molecule has 1 atom stereocenters. The van der Waals surface area contributed by atoms with E-state index >= 15 is 0 Å². The lowest BCUT2D eigenvalue weighted by Crippen LogP contribution is -2.46. The average molecular weight is 566 g/mol. The summed E-state index contributed by atoms with van der Waals surface area (Å²) in [5.41, 5.74) is 4.36. The van der Waals surface area contributed by atoms with Crippen molar-refractivity contribution in [2.45, 2.75) is 77.9 Å². The minimum atomic E-state index is -0.194. The summed E-state index contributed by atoms with van der Waals surface area (Å²) in [4.78, 5) is 30.9. The fourth-order valence-corrected chi connectivity index (χ4v) is 6.10. The molecule has 0 spiro atoms. The number of hydrogen-bond acceptors (Lipinski definition) is 4. The topological polar surface area (TPSA) is 61.9 Å². The van der Waals surface area contributed by atoms with E-state index < -0.39 is 0 Å². The zero-order valence-corrected chi connectivity index (χ0v) is 25.1. The van der Waals surface area contributed by atoms with Crippen LogP contribution in [0.25, 0.3) is 6.08 Å². The smallest absolute Gasteiger partial charge is 0.294 e. The Hall–Kier alpha value is -3.90. The number of aryl methyl sites for hydroxylation is 1. The van der Waals surface area contributed by atoms with Gasteiger partial charge in [0.2, 0.25) is 0 Å². The van der Waals surface area contributed by atoms with Gasteiger partial charge in [-0.05, 0) is 74.6 Å². The molecular weight excluding hydrogens is 522 g/mol. The van der Waals surface area contributed by atoms with Crippen molar-refractivity contribution in [3.8, 4) is 5.75 Å². The number of fused-ring (bicyclic) bond motifs is 1. The number of amides is 2. The fourth-order valence-electron chi connectivity index (χ4n) is 6.10. The molecule has 1 aliphatic heterocycles. The van der Waals surface area contributed by atoms with Gasteiger partial charge in [0.15, 0.2) is 11.5 Å². The molecule has 2 amide bonds. The number of anilines is 1. The average Bonchev–Trinajstić information content (AvgIpc) is 3.01. The van der Waals surface area contributed by atoms with Gasteiger partial charge in [-0.2, -0.15) is 0 Å². The van der Waals surface area contributed by atoms with E-state index in [9.17, 15) is 9.59 Å². The lowest BCUT2D eigenvalue weighted by molar-refractivity contribution is -0.117. The summed E-state index contributed by atoms with van der Waals surface area (Å²) < 4.78 is 6.06. The van der Waals surface area contributed by atoms with E-state index in [1.165, 1.54) is 32.1 Å². The van der Waals surface area contributed by atoms with Crippen molar-refractivity contribution in [1.29, 1.82) is 0 Å². The van der Waals surface area contributed by atoms with E-state index in [1.54, 1.807) is 23.1 Å². The quantitative estimate of drug-likeness (QED) is 0.266. The van der Waals surface area contributed by atoms with Gasteiger partial charge in [0.1, 0.15) is 0 Å². The molecule has 6 nitrogen and oxygen atoms in total. The van der Waals surface area contributed by atoms with Crippen molar-refractivity contribution in [1.82, 2.24) is 10.2 Å². The van der Waals surface area contributed by atoms with Gasteiger partial charge in [0.05, 0.1) is 12.2 Å². The van der Waals surface area contributed by atoms with Gasteiger partial charge in [-0.1, -0.05) is 80.3 Å². The molecule has 3 aromatic rings. The fraction of sp³-hybridized carbons (Fsp3) is 0.389. The molecule has 1 aliphatic carbocycles. The van der Waals surface area contributed by atoms with Crippen molar-refractivity contribution in [2.24, 2.45) is 0 Å². The first-order chi connectivity index (χ1) is 20.4. The van der Waals surface area contributed by atoms with Crippen molar-refractivity contribution in [2.75, 3.05) is 18.0 Å². The Morgan fingerprint density at radius 2 is 1.81 bits per heavy atom. The number of hydrogen-bond donors (Lipinski definition) is 1. The number of carbonyl (C=O) groups excluding carboxylic acids is 2. The lowest BCUT2D eigenvalue weighted by atomic mass is 9.93. The maximum atomic E-state index is 13.6. The Kier molecular flexibility index (Phi) is 9.75. The molecule has 5 rings (SSSR count). The summed E-state index contributed by atoms with van der Waals surface area (Å²) in [7, 11) is 0. The first-order valence-corrected chi connectivity index (χ1v) is 15.4. The van der Waals surface area contributed by atoms with Crippen molar-refractivity contribution in [3.63, 3.8) is 0 Å². The molecule has 0 saturated heterocycles. The third-order valence-corrected chi connectivity index (χ3v) is 8.58. The van der Waals surface area contributed by atoms with E-state index in [0.29, 0.717) is 36.5 Å². The Labute approximate surface area is 250 Å². The lowest BCUT2D eigenvalue weighted by Gasteiger charge is -2.38. The Bertz CT molecular complexity index is 1410. The van der Waals surface area contributed by atoms with Crippen LogP contribution in [0.15, 0.2) is 78.6 Å². The molecule has 220 valence electrons. The van der Waals surface area contributed by atoms with Crippen molar-refractivity contribution >= 4 is 23.6 Å². The SMILES string of the molecule is CCC(C)N(CCNC(=O)c1ccc(/C=C2/Oc3ccccc3N(Cc3cccc(C)c3)C2=O)cc1)C1CCCCC1. The summed E-state index contributed by atoms with van der Waals surface area (Å²) in [5.74, 6) is 0.629. The maximum absolute atomic E-state index is 13.6. The highest BCUT2D eigenvalue weighted by Crippen LogP contribution is 2.36. The zero-order valence-electron chi connectivity index (χ0n) is 25.1. The van der Waals surface area contributed by atoms with Crippen LogP contribution in [-0.2, 0) is 11.3 Å². The van der Waals surface area contributed by atoms with Crippen LogP contribution in [-0.4, -0.2) is 41.9 Å². The number of nitrogens with zero attached hydrogens (tertiary/aromatic N) is 2. The van der Waals surface area contributed by atoms with E-state index in [1.807, 2.05) is 61.5 Å². The van der Waals surface area contributed by atoms with Crippen LogP contribution in [0.3, 0.4) is 0 Å². The monoisotopic (exact) mass is 565 g/mol. The van der Waals surface area contributed by atoms with E-state index in [-0.39, 0.29) is 17.6 Å². The molecule has 6 heteroatoms. The number of ether oxygens (including phenoxy) is 1. The Morgan fingerprint density at radius 1 is 1.05 bits per heavy atom. The standard InChI is InChI=1S/C36H43N3O3/c1-4-27(3)38(31-13-6-5-7-14-31)22-21-37-35(40)30-19-17-28(18-20-30)24-34-36(41)39(25-29-12-10-11-26(2)23-29)32-15-8-9-16-33(32)42-34/h8-12,15-20,23-24,27,31H,4-7,13-14,21-22,25H2,1-3H3,(H,37,40)/b34-24+. The molecule has 1 unspecified atom stereocenters. The third-order valence-electron chi connectivity index (χ3n) is 8.58. The highest BCUT2D eigenvalue weighted by atomic mass is 16.5. The molecule has 1 saturated carbocycles. The van der Waals surface area contributed by atoms with E-state index in [0.717, 1.165) is 35.3 Å². The van der Waals surface area contributed by atoms with Gasteiger partial charge in [0, 0.05) is 30.7 Å². The minimum absolute atomic E-state index is 0.0785. The Balaban J connectivity index is 1.24. The summed E-state index contributed by atoms with van der Waals surface area (Å²) in [6.07, 6.45) is 9.34. The summed E-state index contributed by atoms with van der Waals surface area (Å²) in [5, 5.41) is 3.12. The molecule has 0 radical (unpaired) electrons. The van der Waals surface area contributed by atoms with E-state index in [4.69, 9.17) is 4.74 Å². The third kappa shape index (κ3) is 7.11. The normalized spacial score (nSPS) is 17.2. The second kappa shape index (κ2) is 13.8. The molecule has 0 aromatic heterocycles. The van der Waals surface area contributed by atoms with Gasteiger partial charge >= 0.3 is 0 Å². The van der Waals surface area contributed by atoms with Gasteiger partial charge in [-0.25, -0.2) is 0 Å². The van der Waals surface area contributed by atoms with Crippen molar-refractivity contribution in [3.05, 3.63) is 101 Å². The molecule has 3 aromatic carbocycles. The summed E-state index contributed by atoms with van der Waals surface area (Å²) in [6, 6.07) is 24.3. The molecule has 42 heavy (non-hydrogen) atoms. The Morgan fingerprint density at radius 3 is 2.55 bits per heavy atom. The summed E-state index contributed by atoms with van der Waals surface area (Å²) in [6.45, 7) is 8.53. The molecule has 0 bridgehead atoms. The number of para-hydroxylation sites is 2. The number of nitrogens with one attached hydrogen (secondary N) is 1. The van der Waals surface area contributed by atoms with Crippen molar-refractivity contribution < 1.29 is 14.3 Å². The first-order valence-electron chi connectivity index (χ1n) is 15.4. The first kappa shape index (κ1) is 29.6. The molecule has 1 heterocycles. The van der Waals surface area contributed by atoms with Crippen LogP contribution in [0.4, 0.5) is 5.69 Å². The second-order valence-electron chi connectivity index (χ2n) is 11.6. The summed E-state index contributed by atoms with van der Waals surface area (Å²) >= 11 is 0. The van der Waals surface area contributed by atoms with Gasteiger partial charge in [-0.15, -0.1) is 0 Å². The molecule has 1 N–H and O–H groups in total. The van der Waals surface area contributed by atoms with E-state index in [2.05, 4.69) is 30.1 Å². The zero-order chi connectivity index (χ0) is 29.5. The molecule has 1 fully saturated rings. The van der Waals surface area contributed by atoms with Crippen LogP contribution in [0.1, 0.15) is 79.4 Å². The second-order valence-corrected chi connectivity index (χ2v) is 11.6. The van der Waals surface area contributed by atoms with Crippen LogP contribution in [0.2, 0.25) is 0 Å².